The average Bonchev–Trinajstić information content (AvgIpc) is 3.45. The van der Waals surface area contributed by atoms with Crippen LogP contribution in [0.15, 0.2) is 65.7 Å². The van der Waals surface area contributed by atoms with E-state index in [0.717, 1.165) is 22.4 Å². The predicted molar refractivity (Wildman–Crippen MR) is 129 cm³/mol. The van der Waals surface area contributed by atoms with Crippen LogP contribution < -0.4 is 5.69 Å². The maximum Gasteiger partial charge on any atom is 0.328 e. The molecule has 1 atom stereocenters. The number of hydrogen-bond acceptors (Lipinski definition) is 6. The molecule has 3 heterocycles. The summed E-state index contributed by atoms with van der Waals surface area (Å²) in [5.74, 6) is 0.920. The van der Waals surface area contributed by atoms with Crippen molar-refractivity contribution in [2.45, 2.75) is 39.3 Å². The van der Waals surface area contributed by atoms with Crippen molar-refractivity contribution >= 4 is 11.2 Å². The van der Waals surface area contributed by atoms with Gasteiger partial charge in [0.05, 0.1) is 30.7 Å². The highest BCUT2D eigenvalue weighted by molar-refractivity contribution is 5.73. The number of nitrogens with zero attached hydrogens (tertiary/aromatic N) is 6. The standard InChI is InChI=1S/C25H25N7O2/c1-15(2)19-6-4-5-7-20(19)23-26-12-21-24(28-23)31(25(34)27-21)13-17-8-10-18(11-9-17)32-14-22(16(3)33)29-30-32/h4-12,14-16,33H,13H2,1-3H3,(H,27,34). The van der Waals surface area contributed by atoms with Gasteiger partial charge in [-0.1, -0.05) is 55.5 Å². The van der Waals surface area contributed by atoms with Gasteiger partial charge in [0.15, 0.2) is 11.5 Å². The number of nitrogens with one attached hydrogen (secondary N) is 1. The predicted octanol–water partition coefficient (Wildman–Crippen LogP) is 3.59. The molecule has 0 aliphatic rings. The van der Waals surface area contributed by atoms with Crippen molar-refractivity contribution in [2.24, 2.45) is 0 Å². The molecule has 0 radical (unpaired) electrons. The van der Waals surface area contributed by atoms with E-state index in [9.17, 15) is 9.90 Å². The Morgan fingerprint density at radius 2 is 1.82 bits per heavy atom. The number of rotatable bonds is 6. The van der Waals surface area contributed by atoms with E-state index in [4.69, 9.17) is 4.98 Å². The van der Waals surface area contributed by atoms with E-state index in [0.29, 0.717) is 35.1 Å². The van der Waals surface area contributed by atoms with Gasteiger partial charge in [0.1, 0.15) is 11.2 Å². The first-order valence-corrected chi connectivity index (χ1v) is 11.1. The van der Waals surface area contributed by atoms with E-state index in [1.165, 1.54) is 0 Å². The van der Waals surface area contributed by atoms with E-state index in [1.807, 2.05) is 42.5 Å². The lowest BCUT2D eigenvalue weighted by molar-refractivity contribution is 0.194. The van der Waals surface area contributed by atoms with Gasteiger partial charge >= 0.3 is 5.69 Å². The second kappa shape index (κ2) is 8.68. The van der Waals surface area contributed by atoms with Crippen molar-refractivity contribution in [2.75, 3.05) is 0 Å². The van der Waals surface area contributed by atoms with E-state index in [2.05, 4.69) is 40.2 Å². The van der Waals surface area contributed by atoms with Gasteiger partial charge in [-0.15, -0.1) is 5.10 Å². The molecule has 2 N–H and O–H groups in total. The summed E-state index contributed by atoms with van der Waals surface area (Å²) in [6.45, 7) is 6.28. The fourth-order valence-electron chi connectivity index (χ4n) is 3.96. The summed E-state index contributed by atoms with van der Waals surface area (Å²) in [7, 11) is 0. The summed E-state index contributed by atoms with van der Waals surface area (Å²) < 4.78 is 3.23. The van der Waals surface area contributed by atoms with Crippen molar-refractivity contribution in [1.82, 2.24) is 34.5 Å². The van der Waals surface area contributed by atoms with Gasteiger partial charge in [0.25, 0.3) is 0 Å². The molecular formula is C25H25N7O2. The summed E-state index contributed by atoms with van der Waals surface area (Å²) in [4.78, 5) is 24.8. The van der Waals surface area contributed by atoms with Gasteiger partial charge in [0, 0.05) is 5.56 Å². The van der Waals surface area contributed by atoms with Crippen LogP contribution in [0, 0.1) is 0 Å². The number of aromatic amines is 1. The topological polar surface area (TPSA) is 115 Å². The van der Waals surface area contributed by atoms with Crippen LogP contribution in [0.5, 0.6) is 0 Å². The van der Waals surface area contributed by atoms with E-state index in [-0.39, 0.29) is 5.69 Å². The van der Waals surface area contributed by atoms with Crippen molar-refractivity contribution in [3.05, 3.63) is 88.2 Å². The Bertz CT molecular complexity index is 1510. The molecule has 0 saturated carbocycles. The number of H-pyrrole nitrogens is 1. The zero-order valence-corrected chi connectivity index (χ0v) is 19.2. The molecule has 0 aliphatic carbocycles. The molecule has 0 saturated heterocycles. The molecule has 0 bridgehead atoms. The molecule has 5 rings (SSSR count). The Morgan fingerprint density at radius 3 is 2.53 bits per heavy atom. The third-order valence-corrected chi connectivity index (χ3v) is 5.82. The maximum atomic E-state index is 12.7. The summed E-state index contributed by atoms with van der Waals surface area (Å²) in [6, 6.07) is 15.7. The first-order valence-electron chi connectivity index (χ1n) is 11.1. The molecule has 0 aliphatic heterocycles. The Labute approximate surface area is 195 Å². The van der Waals surface area contributed by atoms with Gasteiger partial charge < -0.3 is 10.1 Å². The Balaban J connectivity index is 1.48. The summed E-state index contributed by atoms with van der Waals surface area (Å²) in [5, 5.41) is 17.7. The zero-order chi connectivity index (χ0) is 23.8. The van der Waals surface area contributed by atoms with Crippen molar-refractivity contribution in [3.8, 4) is 17.1 Å². The molecule has 0 spiro atoms. The van der Waals surface area contributed by atoms with Crippen LogP contribution in [-0.2, 0) is 6.54 Å². The third kappa shape index (κ3) is 4.01. The third-order valence-electron chi connectivity index (χ3n) is 5.82. The second-order valence-corrected chi connectivity index (χ2v) is 8.62. The highest BCUT2D eigenvalue weighted by Crippen LogP contribution is 2.27. The number of fused-ring (bicyclic) bond motifs is 1. The summed E-state index contributed by atoms with van der Waals surface area (Å²) in [6.07, 6.45) is 2.68. The molecule has 0 amide bonds. The van der Waals surface area contributed by atoms with Crippen LogP contribution in [0.2, 0.25) is 0 Å². The summed E-state index contributed by atoms with van der Waals surface area (Å²) in [5.41, 5.74) is 5.30. The fourth-order valence-corrected chi connectivity index (χ4v) is 3.96. The molecule has 2 aromatic carbocycles. The molecular weight excluding hydrogens is 430 g/mol. The Morgan fingerprint density at radius 1 is 1.06 bits per heavy atom. The highest BCUT2D eigenvalue weighted by atomic mass is 16.3. The SMILES string of the molecule is CC(C)c1ccccc1-c1ncc2[nH]c(=O)n(Cc3ccc(-n4cc(C(C)O)nn4)cc3)c2n1. The first-order chi connectivity index (χ1) is 16.4. The molecule has 34 heavy (non-hydrogen) atoms. The van der Waals surface area contributed by atoms with E-state index in [1.54, 1.807) is 28.6 Å². The van der Waals surface area contributed by atoms with E-state index >= 15 is 0 Å². The van der Waals surface area contributed by atoms with Gasteiger partial charge in [-0.25, -0.2) is 19.4 Å². The smallest absolute Gasteiger partial charge is 0.328 e. The average molecular weight is 456 g/mol. The van der Waals surface area contributed by atoms with Gasteiger partial charge in [-0.2, -0.15) is 0 Å². The minimum atomic E-state index is -0.679. The minimum Gasteiger partial charge on any atom is -0.387 e. The lowest BCUT2D eigenvalue weighted by atomic mass is 9.97. The Hall–Kier alpha value is -4.11. The van der Waals surface area contributed by atoms with Crippen molar-refractivity contribution in [1.29, 1.82) is 0 Å². The molecule has 0 fully saturated rings. The van der Waals surface area contributed by atoms with Crippen LogP contribution in [0.25, 0.3) is 28.2 Å². The lowest BCUT2D eigenvalue weighted by Gasteiger charge is -2.11. The van der Waals surface area contributed by atoms with Gasteiger partial charge in [0.2, 0.25) is 0 Å². The van der Waals surface area contributed by atoms with Crippen molar-refractivity contribution in [3.63, 3.8) is 0 Å². The number of aliphatic hydroxyl groups excluding tert-OH is 1. The highest BCUT2D eigenvalue weighted by Gasteiger charge is 2.15. The number of benzene rings is 2. The van der Waals surface area contributed by atoms with Gasteiger partial charge in [-0.05, 0) is 36.1 Å². The van der Waals surface area contributed by atoms with Crippen LogP contribution in [-0.4, -0.2) is 39.6 Å². The van der Waals surface area contributed by atoms with Crippen LogP contribution in [0.1, 0.15) is 49.6 Å². The number of aromatic nitrogens is 7. The maximum absolute atomic E-state index is 12.7. The summed E-state index contributed by atoms with van der Waals surface area (Å²) >= 11 is 0. The molecule has 9 heteroatoms. The van der Waals surface area contributed by atoms with Crippen LogP contribution in [0.3, 0.4) is 0 Å². The second-order valence-electron chi connectivity index (χ2n) is 8.62. The lowest BCUT2D eigenvalue weighted by Crippen LogP contribution is -2.17. The number of imidazole rings is 1. The zero-order valence-electron chi connectivity index (χ0n) is 19.2. The van der Waals surface area contributed by atoms with Crippen molar-refractivity contribution < 1.29 is 5.11 Å². The van der Waals surface area contributed by atoms with Gasteiger partial charge in [-0.3, -0.25) is 4.57 Å². The monoisotopic (exact) mass is 455 g/mol. The van der Waals surface area contributed by atoms with Crippen LogP contribution >= 0.6 is 0 Å². The fraction of sp³-hybridized carbons (Fsp3) is 0.240. The van der Waals surface area contributed by atoms with Crippen LogP contribution in [0.4, 0.5) is 0 Å². The molecule has 5 aromatic rings. The number of aliphatic hydroxyl groups is 1. The molecule has 1 unspecified atom stereocenters. The minimum absolute atomic E-state index is 0.236. The Kier molecular flexibility index (Phi) is 5.54. The molecule has 172 valence electrons. The number of hydrogen-bond donors (Lipinski definition) is 2. The first kappa shape index (κ1) is 21.7. The molecule has 3 aromatic heterocycles. The quantitative estimate of drug-likeness (QED) is 0.404. The normalized spacial score (nSPS) is 12.5. The molecule has 9 nitrogen and oxygen atoms in total. The van der Waals surface area contributed by atoms with E-state index < -0.39 is 6.10 Å². The largest absolute Gasteiger partial charge is 0.387 e.